The highest BCUT2D eigenvalue weighted by atomic mass is 35.5. The van der Waals surface area contributed by atoms with Crippen LogP contribution in [-0.2, 0) is 25.8 Å². The molecule has 7 rings (SSSR count). The number of thiazole rings is 1. The Labute approximate surface area is 323 Å². The van der Waals surface area contributed by atoms with E-state index < -0.39 is 34.9 Å². The van der Waals surface area contributed by atoms with Gasteiger partial charge in [0.25, 0.3) is 0 Å². The van der Waals surface area contributed by atoms with Crippen molar-refractivity contribution in [1.82, 2.24) is 19.8 Å². The average Bonchev–Trinajstić information content (AvgIpc) is 3.77. The molecule has 1 aliphatic carbocycles. The third kappa shape index (κ3) is 6.95. The van der Waals surface area contributed by atoms with Gasteiger partial charge in [-0.25, -0.2) is 14.6 Å². The summed E-state index contributed by atoms with van der Waals surface area (Å²) in [7, 11) is 3.46. The number of carboxylic acids is 2. The first-order chi connectivity index (χ1) is 25.5. The van der Waals surface area contributed by atoms with Crippen LogP contribution in [0.25, 0.3) is 10.9 Å². The number of fused-ring (bicyclic) bond motifs is 2. The minimum atomic E-state index is -1.73. The number of nitrogen functional groups attached to an aromatic ring is 1. The Morgan fingerprint density at radius 3 is 2.46 bits per heavy atom. The average molecular weight is 819 g/mol. The number of carbonyl (C=O) groups excluding carboxylic acids is 1. The second-order valence-corrected chi connectivity index (χ2v) is 17.7. The van der Waals surface area contributed by atoms with Crippen molar-refractivity contribution in [3.8, 4) is 11.5 Å². The summed E-state index contributed by atoms with van der Waals surface area (Å²) < 4.78 is 2.56. The molecule has 5 heterocycles. The molecule has 3 aliphatic heterocycles. The zero-order valence-electron chi connectivity index (χ0n) is 29.2. The number of aromatic hydroxyl groups is 2. The van der Waals surface area contributed by atoms with E-state index in [4.69, 9.17) is 22.2 Å². The van der Waals surface area contributed by atoms with E-state index in [9.17, 15) is 39.6 Å². The number of pyridine rings is 1. The first-order valence-corrected chi connectivity index (χ1v) is 19.9. The maximum Gasteiger partial charge on any atom is 0.352 e. The molecule has 3 aromatic rings. The molecular weight excluding hydrogens is 781 g/mol. The zero-order chi connectivity index (χ0) is 38.9. The molecule has 20 heteroatoms. The second kappa shape index (κ2) is 14.1. The molecule has 1 aromatic carbocycles. The van der Waals surface area contributed by atoms with E-state index in [0.29, 0.717) is 58.5 Å². The van der Waals surface area contributed by atoms with Crippen LogP contribution in [0.3, 0.4) is 0 Å². The lowest BCUT2D eigenvalue weighted by atomic mass is 10.0. The molecular formula is C34H38ClN7O9PS2+. The maximum atomic E-state index is 13.9. The van der Waals surface area contributed by atoms with E-state index >= 15 is 0 Å². The van der Waals surface area contributed by atoms with Crippen LogP contribution in [0, 0.1) is 0 Å². The number of rotatable bonds is 13. The molecule has 0 radical (unpaired) electrons. The summed E-state index contributed by atoms with van der Waals surface area (Å²) in [5, 5.41) is 47.4. The number of β-lactam (4-membered cyclic amide) rings is 1. The lowest BCUT2D eigenvalue weighted by Gasteiger charge is -2.50. The van der Waals surface area contributed by atoms with E-state index in [2.05, 4.69) is 24.3 Å². The zero-order valence-corrected chi connectivity index (χ0v) is 32.6. The van der Waals surface area contributed by atoms with Gasteiger partial charge in [0, 0.05) is 42.5 Å². The van der Waals surface area contributed by atoms with E-state index in [0.717, 1.165) is 37.0 Å². The molecule has 0 spiro atoms. The Hall–Kier alpha value is -4.19. The first-order valence-electron chi connectivity index (χ1n) is 17.1. The number of carboxylic acid groups (broad SMARTS) is 2. The largest absolute Gasteiger partial charge is 0.504 e. The summed E-state index contributed by atoms with van der Waals surface area (Å²) in [6.45, 7) is 4.67. The van der Waals surface area contributed by atoms with Crippen molar-refractivity contribution >= 4 is 88.6 Å². The minimum absolute atomic E-state index is 0.0531. The lowest BCUT2D eigenvalue weighted by Crippen LogP contribution is -2.71. The number of phenolic OH excluding ortho intramolecular Hbond substituents is 2. The van der Waals surface area contributed by atoms with E-state index in [1.54, 1.807) is 0 Å². The number of aromatic nitrogens is 2. The van der Waals surface area contributed by atoms with Crippen LogP contribution >= 0.6 is 43.6 Å². The van der Waals surface area contributed by atoms with Crippen LogP contribution < -0.4 is 16.5 Å². The Kier molecular flexibility index (Phi) is 9.98. The number of phenols is 2. The van der Waals surface area contributed by atoms with Gasteiger partial charge in [-0.2, -0.15) is 0 Å². The van der Waals surface area contributed by atoms with Gasteiger partial charge in [-0.3, -0.25) is 19.8 Å². The molecule has 0 bridgehead atoms. The normalized spacial score (nSPS) is 21.3. The minimum Gasteiger partial charge on any atom is -0.504 e. The number of oxime groups is 1. The number of nitrogens with zero attached hydrogens (tertiary/aromatic N) is 5. The predicted octanol–water partition coefficient (Wildman–Crippen LogP) is 3.32. The molecule has 3 fully saturated rings. The van der Waals surface area contributed by atoms with Gasteiger partial charge in [-0.15, -0.1) is 11.8 Å². The Balaban J connectivity index is 1.15. The SMILES string of the molecule is CC(C)(O/N=C(\C(=P)N[C@@H]1C(=O)N2C(C(=O)O)=C(C[N+]3(Cc4cn(C5CC5)c5cc(O)c(O)cc5c4=O)CCCC3)CS[C@H]12)c1nc(N)sc1Cl)C(=O)O. The second-order valence-electron chi connectivity index (χ2n) is 14.5. The Morgan fingerprint density at radius 1 is 1.17 bits per heavy atom. The molecule has 286 valence electrons. The maximum absolute atomic E-state index is 13.9. The van der Waals surface area contributed by atoms with Crippen LogP contribution in [0.15, 0.2) is 39.5 Å². The third-order valence-electron chi connectivity index (χ3n) is 10.2. The van der Waals surface area contributed by atoms with Gasteiger partial charge in [0.2, 0.25) is 11.5 Å². The summed E-state index contributed by atoms with van der Waals surface area (Å²) >= 11 is 8.72. The number of quaternary nitrogens is 1. The Bertz CT molecular complexity index is 2250. The fourth-order valence-electron chi connectivity index (χ4n) is 7.24. The number of carbonyl (C=O) groups is 3. The quantitative estimate of drug-likeness (QED) is 0.0364. The van der Waals surface area contributed by atoms with Gasteiger partial charge in [0.1, 0.15) is 40.2 Å². The van der Waals surface area contributed by atoms with Gasteiger partial charge in [0.05, 0.1) is 35.0 Å². The predicted molar refractivity (Wildman–Crippen MR) is 206 cm³/mol. The smallest absolute Gasteiger partial charge is 0.352 e. The van der Waals surface area contributed by atoms with Crippen LogP contribution in [0.4, 0.5) is 5.13 Å². The summed E-state index contributed by atoms with van der Waals surface area (Å²) in [6, 6.07) is 1.99. The number of nitrogens with two attached hydrogens (primary N) is 1. The topological polar surface area (TPSA) is 230 Å². The fraction of sp³-hybridized carbons (Fsp3) is 0.441. The van der Waals surface area contributed by atoms with Gasteiger partial charge in [-0.1, -0.05) is 37.0 Å². The van der Waals surface area contributed by atoms with Crippen LogP contribution in [0.1, 0.15) is 56.8 Å². The number of nitrogens with one attached hydrogen (secondary N) is 1. The standard InChI is InChI=1S/C34H37ClN7O9PS2/c1-34(2,32(49)50)51-39-23(22-27(35)54-33(36)38-22)28(52)37-24-29(46)41-25(31(47)48)16(14-53-30(24)41)13-42(7-3-4-8-42)12-15-11-40(17-5-6-17)19-10-21(44)20(43)9-18(19)26(15)45/h9-11,17,24,30,37,52H,3-8,12-14H2,1-2H3,(H5-,36,38,43,44,45,47,48,49,50)/p+1/b39-23-/t24-,30-/m1/s1. The van der Waals surface area contributed by atoms with E-state index in [-0.39, 0.29) is 55.0 Å². The molecule has 1 amide bonds. The van der Waals surface area contributed by atoms with Crippen molar-refractivity contribution in [1.29, 1.82) is 0 Å². The highest BCUT2D eigenvalue weighted by Crippen LogP contribution is 2.43. The molecule has 1 saturated carbocycles. The number of amides is 1. The number of likely N-dealkylation sites (tertiary alicyclic amines) is 1. The molecule has 2 saturated heterocycles. The Morgan fingerprint density at radius 2 is 1.85 bits per heavy atom. The number of hydrogen-bond donors (Lipinski definition) is 6. The van der Waals surface area contributed by atoms with E-state index in [1.807, 2.05) is 10.8 Å². The highest BCUT2D eigenvalue weighted by Gasteiger charge is 2.55. The van der Waals surface area contributed by atoms with Crippen molar-refractivity contribution in [2.75, 3.05) is 31.1 Å². The lowest BCUT2D eigenvalue weighted by molar-refractivity contribution is -0.925. The summed E-state index contributed by atoms with van der Waals surface area (Å²) in [5.41, 5.74) is 5.58. The number of anilines is 1. The van der Waals surface area contributed by atoms with Crippen molar-refractivity contribution in [2.45, 2.75) is 69.1 Å². The molecule has 54 heavy (non-hydrogen) atoms. The van der Waals surface area contributed by atoms with Crippen molar-refractivity contribution in [3.05, 3.63) is 55.4 Å². The summed E-state index contributed by atoms with van der Waals surface area (Å²) in [6.07, 6.45) is 5.47. The number of aliphatic carboxylic acids is 2. The summed E-state index contributed by atoms with van der Waals surface area (Å²) in [5.74, 6) is -3.39. The van der Waals surface area contributed by atoms with Crippen LogP contribution in [0.5, 0.6) is 11.5 Å². The van der Waals surface area contributed by atoms with Gasteiger partial charge in [0.15, 0.2) is 27.8 Å². The molecule has 7 N–H and O–H groups in total. The van der Waals surface area contributed by atoms with E-state index in [1.165, 1.54) is 42.6 Å². The van der Waals surface area contributed by atoms with Crippen molar-refractivity contribution in [2.24, 2.45) is 5.16 Å². The molecule has 0 unspecified atom stereocenters. The van der Waals surface area contributed by atoms with Gasteiger partial charge >= 0.3 is 11.9 Å². The first kappa shape index (κ1) is 38.1. The third-order valence-corrected chi connectivity index (χ3v) is 13.0. The number of benzene rings is 1. The molecule has 2 aromatic heterocycles. The fourth-order valence-corrected chi connectivity index (χ4v) is 9.82. The monoisotopic (exact) mass is 818 g/mol. The molecule has 2 atom stereocenters. The van der Waals surface area contributed by atoms with Crippen LogP contribution in [-0.4, -0.2) is 111 Å². The molecule has 16 nitrogen and oxygen atoms in total. The summed E-state index contributed by atoms with van der Waals surface area (Å²) in [4.78, 5) is 63.0. The van der Waals surface area contributed by atoms with Gasteiger partial charge < -0.3 is 40.0 Å². The number of thioether (sulfide) groups is 1. The van der Waals surface area contributed by atoms with Crippen molar-refractivity contribution < 1.29 is 44.1 Å². The molecule has 4 aliphatic rings. The van der Waals surface area contributed by atoms with Gasteiger partial charge in [-0.05, 0) is 32.8 Å². The van der Waals surface area contributed by atoms with Crippen molar-refractivity contribution in [3.63, 3.8) is 0 Å². The number of halogens is 1. The number of hydrogen-bond acceptors (Lipinski definition) is 12. The highest BCUT2D eigenvalue weighted by molar-refractivity contribution is 8.00. The van der Waals surface area contributed by atoms with Crippen LogP contribution in [0.2, 0.25) is 4.34 Å².